The highest BCUT2D eigenvalue weighted by Gasteiger charge is 2.21. The van der Waals surface area contributed by atoms with Crippen LogP contribution in [0.2, 0.25) is 0 Å². The molecule has 0 saturated heterocycles. The number of para-hydroxylation sites is 3. The summed E-state index contributed by atoms with van der Waals surface area (Å²) >= 11 is 1.67. The van der Waals surface area contributed by atoms with Gasteiger partial charge in [-0.15, -0.1) is 11.3 Å². The average molecular weight is 753 g/mol. The number of furan rings is 1. The Balaban J connectivity index is 1.16. The van der Waals surface area contributed by atoms with E-state index in [0.717, 1.165) is 64.4 Å². The van der Waals surface area contributed by atoms with Crippen LogP contribution in [0, 0.1) is 0 Å². The molecule has 0 fully saturated rings. The molecule has 0 atom stereocenters. The van der Waals surface area contributed by atoms with E-state index in [0.29, 0.717) is 28.7 Å². The third-order valence-electron chi connectivity index (χ3n) is 10.6. The number of thiophene rings is 1. The van der Waals surface area contributed by atoms with Gasteiger partial charge in [0.1, 0.15) is 11.2 Å². The predicted molar refractivity (Wildman–Crippen MR) is 236 cm³/mol. The van der Waals surface area contributed by atoms with E-state index < -0.39 is 0 Å². The van der Waals surface area contributed by atoms with Crippen LogP contribution in [-0.4, -0.2) is 19.5 Å². The second kappa shape index (κ2) is 12.6. The zero-order valence-corrected chi connectivity index (χ0v) is 30.8. The molecule has 0 aliphatic heterocycles. The topological polar surface area (TPSA) is 56.7 Å². The maximum absolute atomic E-state index is 9.24. The molecule has 0 radical (unpaired) electrons. The van der Waals surface area contributed by atoms with E-state index in [1.54, 1.807) is 15.9 Å². The van der Waals surface area contributed by atoms with Gasteiger partial charge < -0.3 is 8.98 Å². The van der Waals surface area contributed by atoms with Gasteiger partial charge in [-0.3, -0.25) is 0 Å². The van der Waals surface area contributed by atoms with Crippen LogP contribution in [0.3, 0.4) is 0 Å². The number of hydrogen-bond acceptors (Lipinski definition) is 5. The Kier molecular flexibility index (Phi) is 5.82. The van der Waals surface area contributed by atoms with Gasteiger partial charge in [0.05, 0.1) is 24.9 Å². The molecule has 0 spiro atoms. The van der Waals surface area contributed by atoms with Crippen LogP contribution in [0.4, 0.5) is 0 Å². The van der Waals surface area contributed by atoms with E-state index in [2.05, 4.69) is 24.3 Å². The third kappa shape index (κ3) is 5.04. The zero-order valence-electron chi connectivity index (χ0n) is 36.0. The molecule has 6 heteroatoms. The summed E-state index contributed by atoms with van der Waals surface area (Å²) in [7, 11) is 0. The first kappa shape index (κ1) is 26.4. The average Bonchev–Trinajstić information content (AvgIpc) is 4.00. The molecule has 0 bridgehead atoms. The molecule has 57 heavy (non-hydrogen) atoms. The Morgan fingerprint density at radius 1 is 0.456 bits per heavy atom. The van der Waals surface area contributed by atoms with Crippen molar-refractivity contribution in [2.45, 2.75) is 0 Å². The lowest BCUT2D eigenvalue weighted by Gasteiger charge is -2.17. The largest absolute Gasteiger partial charge is 0.456 e. The molecule has 266 valence electrons. The van der Waals surface area contributed by atoms with Crippen molar-refractivity contribution >= 4 is 75.3 Å². The van der Waals surface area contributed by atoms with E-state index in [-0.39, 0.29) is 58.1 Å². The molecule has 0 amide bonds. The van der Waals surface area contributed by atoms with Crippen LogP contribution in [0.1, 0.15) is 8.22 Å². The molecule has 4 heterocycles. The van der Waals surface area contributed by atoms with Gasteiger partial charge in [-0.25, -0.2) is 15.0 Å². The van der Waals surface area contributed by atoms with Gasteiger partial charge in [0.2, 0.25) is 0 Å². The van der Waals surface area contributed by atoms with Crippen LogP contribution in [-0.2, 0) is 0 Å². The lowest BCUT2D eigenvalue weighted by molar-refractivity contribution is 0.669. The Morgan fingerprint density at radius 2 is 1.09 bits per heavy atom. The van der Waals surface area contributed by atoms with Crippen molar-refractivity contribution in [1.82, 2.24) is 19.5 Å². The number of aromatic nitrogens is 4. The zero-order chi connectivity index (χ0) is 42.7. The van der Waals surface area contributed by atoms with E-state index in [9.17, 15) is 2.74 Å². The quantitative estimate of drug-likeness (QED) is 0.176. The highest BCUT2D eigenvalue weighted by Crippen LogP contribution is 2.44. The summed E-state index contributed by atoms with van der Waals surface area (Å²) in [6.07, 6.45) is 0. The van der Waals surface area contributed by atoms with E-state index in [1.807, 2.05) is 109 Å². The van der Waals surface area contributed by atoms with Crippen molar-refractivity contribution in [1.29, 1.82) is 0 Å². The van der Waals surface area contributed by atoms with Gasteiger partial charge in [-0.2, -0.15) is 0 Å². The van der Waals surface area contributed by atoms with Gasteiger partial charge in [-0.05, 0) is 54.5 Å². The third-order valence-corrected chi connectivity index (χ3v) is 11.8. The van der Waals surface area contributed by atoms with Crippen molar-refractivity contribution < 1.29 is 12.6 Å². The number of fused-ring (bicyclic) bond motifs is 9. The number of benzene rings is 8. The Labute approximate surface area is 339 Å². The summed E-state index contributed by atoms with van der Waals surface area (Å²) in [5.41, 5.74) is 6.54. The maximum atomic E-state index is 9.24. The minimum absolute atomic E-state index is 0.0290. The summed E-state index contributed by atoms with van der Waals surface area (Å²) in [6.45, 7) is 0. The van der Waals surface area contributed by atoms with Gasteiger partial charge in [0, 0.05) is 69.5 Å². The smallest absolute Gasteiger partial charge is 0.164 e. The van der Waals surface area contributed by atoms with Crippen molar-refractivity contribution in [2.24, 2.45) is 0 Å². The molecule has 0 saturated carbocycles. The lowest BCUT2D eigenvalue weighted by atomic mass is 9.98. The van der Waals surface area contributed by atoms with Crippen LogP contribution >= 0.6 is 11.3 Å². The molecule has 12 rings (SSSR count). The minimum atomic E-state index is -0.169. The Bertz CT molecular complexity index is 3830. The summed E-state index contributed by atoms with van der Waals surface area (Å²) in [6, 6.07) is 46.0. The second-order valence-electron chi connectivity index (χ2n) is 13.9. The first-order valence-electron chi connectivity index (χ1n) is 21.5. The van der Waals surface area contributed by atoms with Gasteiger partial charge in [0.15, 0.2) is 17.5 Å². The van der Waals surface area contributed by atoms with Crippen LogP contribution in [0.25, 0.3) is 115 Å². The van der Waals surface area contributed by atoms with Crippen molar-refractivity contribution in [2.75, 3.05) is 0 Å². The van der Waals surface area contributed by atoms with E-state index in [1.165, 1.54) is 12.1 Å². The molecule has 5 nitrogen and oxygen atoms in total. The van der Waals surface area contributed by atoms with Gasteiger partial charge in [0.25, 0.3) is 0 Å². The molecule has 0 unspecified atom stereocenters. The molecule has 4 aromatic heterocycles. The van der Waals surface area contributed by atoms with Crippen molar-refractivity contribution in [3.05, 3.63) is 182 Å². The number of hydrogen-bond donors (Lipinski definition) is 0. The molecule has 0 aliphatic rings. The molecule has 0 N–H and O–H groups in total. The predicted octanol–water partition coefficient (Wildman–Crippen LogP) is 13.9. The highest BCUT2D eigenvalue weighted by atomic mass is 32.1. The molecule has 0 aliphatic carbocycles. The SMILES string of the molecule is [2H]c1cc([2H])c2c(c1[2H])c1c([2H])c([2H])cc([2H])c1n2-c1ccc(-c2nc(-c3ccccc3)nc(-c3ccc4c(c3)oc3ccccc34)n2)cc1-c1cccc2c1sc1ccccc12. The second-order valence-corrected chi connectivity index (χ2v) is 14.9. The lowest BCUT2D eigenvalue weighted by Crippen LogP contribution is -2.02. The van der Waals surface area contributed by atoms with Crippen LogP contribution in [0.5, 0.6) is 0 Å². The molecule has 8 aromatic carbocycles. The Hall–Kier alpha value is -7.41. The number of nitrogens with zero attached hydrogens (tertiary/aromatic N) is 4. The highest BCUT2D eigenvalue weighted by molar-refractivity contribution is 7.26. The minimum Gasteiger partial charge on any atom is -0.456 e. The molecule has 12 aromatic rings. The van der Waals surface area contributed by atoms with Crippen molar-refractivity contribution in [3.8, 4) is 51.0 Å². The van der Waals surface area contributed by atoms with E-state index >= 15 is 0 Å². The first-order chi connectivity index (χ1) is 30.7. The summed E-state index contributed by atoms with van der Waals surface area (Å²) in [5, 5.41) is 4.60. The fourth-order valence-corrected chi connectivity index (χ4v) is 9.25. The molecular weight excluding hydrogens is 717 g/mol. The normalized spacial score (nSPS) is 13.3. The summed E-state index contributed by atoms with van der Waals surface area (Å²) in [5.74, 6) is 1.37. The first-order valence-corrected chi connectivity index (χ1v) is 19.3. The fraction of sp³-hybridized carbons (Fsp3) is 0. The van der Waals surface area contributed by atoms with Crippen LogP contribution in [0.15, 0.2) is 186 Å². The summed E-state index contributed by atoms with van der Waals surface area (Å²) < 4.78 is 63.9. The van der Waals surface area contributed by atoms with Gasteiger partial charge >= 0.3 is 0 Å². The fourth-order valence-electron chi connectivity index (χ4n) is 8.02. The van der Waals surface area contributed by atoms with Crippen molar-refractivity contribution in [3.63, 3.8) is 0 Å². The monoisotopic (exact) mass is 752 g/mol. The maximum Gasteiger partial charge on any atom is 0.164 e. The van der Waals surface area contributed by atoms with Gasteiger partial charge in [-0.1, -0.05) is 127 Å². The van der Waals surface area contributed by atoms with E-state index in [4.69, 9.17) is 24.9 Å². The summed E-state index contributed by atoms with van der Waals surface area (Å²) in [4.78, 5) is 15.2. The standard InChI is InChI=1S/C51H30N4OS/c1-2-13-31(14-3-1)49-52-50(54-51(53-49)33-25-27-37-36-17-6-10-23-45(36)56-46(37)30-33)32-26-28-44(55-42-21-8-4-15-34(42)35-16-5-9-22-43(35)55)41(29-32)40-20-12-19-39-38-18-7-11-24-47(38)57-48(39)40/h1-30H/i4D,5D,15D,16D,21D,22D. The molecular formula is C51H30N4OS. The number of rotatable bonds is 5. The Morgan fingerprint density at radius 3 is 1.88 bits per heavy atom. The van der Waals surface area contributed by atoms with Crippen LogP contribution < -0.4 is 0 Å².